The molecule has 0 atom stereocenters. The molecule has 1 aromatic rings. The van der Waals surface area contributed by atoms with Gasteiger partial charge in [0.2, 0.25) is 0 Å². The second-order valence-corrected chi connectivity index (χ2v) is 5.27. The maximum atomic E-state index is 11.7. The molecule has 1 heterocycles. The fraction of sp³-hybridized carbons (Fsp3) is 0.500. The lowest BCUT2D eigenvalue weighted by atomic mass is 9.99. The molecule has 0 bridgehead atoms. The number of hydrogen-bond donors (Lipinski definition) is 3. The summed E-state index contributed by atoms with van der Waals surface area (Å²) in [6, 6.07) is 3.51. The summed E-state index contributed by atoms with van der Waals surface area (Å²) in [6.07, 6.45) is 4.59. The Bertz CT molecular complexity index is 446. The molecule has 1 aromatic heterocycles. The summed E-state index contributed by atoms with van der Waals surface area (Å²) in [6.45, 7) is 4.11. The number of rotatable bonds is 7. The van der Waals surface area contributed by atoms with Crippen LogP contribution in [0.3, 0.4) is 0 Å². The van der Waals surface area contributed by atoms with E-state index in [1.165, 1.54) is 0 Å². The molecule has 0 fully saturated rings. The standard InChI is InChI=1S/C14H21N3O3/c1-14(2,7-5-12(18)19)17-13(20)16-9-6-11-4-3-8-15-10-11/h3-4,8,10H,5-7,9H2,1-2H3,(H,18,19)(H2,16,17,20). The number of carboxylic acids is 1. The van der Waals surface area contributed by atoms with Gasteiger partial charge < -0.3 is 15.7 Å². The van der Waals surface area contributed by atoms with E-state index in [1.807, 2.05) is 12.1 Å². The number of carboxylic acid groups (broad SMARTS) is 1. The summed E-state index contributed by atoms with van der Waals surface area (Å²) >= 11 is 0. The van der Waals surface area contributed by atoms with Crippen LogP contribution in [-0.4, -0.2) is 34.2 Å². The van der Waals surface area contributed by atoms with Crippen molar-refractivity contribution in [2.75, 3.05) is 6.54 Å². The van der Waals surface area contributed by atoms with Crippen LogP contribution in [0.1, 0.15) is 32.3 Å². The van der Waals surface area contributed by atoms with Gasteiger partial charge in [0.15, 0.2) is 0 Å². The lowest BCUT2D eigenvalue weighted by Crippen LogP contribution is -2.48. The molecular weight excluding hydrogens is 258 g/mol. The van der Waals surface area contributed by atoms with Crippen molar-refractivity contribution in [3.05, 3.63) is 30.1 Å². The van der Waals surface area contributed by atoms with Gasteiger partial charge in [-0.2, -0.15) is 0 Å². The fourth-order valence-corrected chi connectivity index (χ4v) is 1.70. The summed E-state index contributed by atoms with van der Waals surface area (Å²) in [4.78, 5) is 26.2. The molecule has 0 aliphatic heterocycles. The van der Waals surface area contributed by atoms with Gasteiger partial charge in [-0.15, -0.1) is 0 Å². The molecule has 1 rings (SSSR count). The van der Waals surface area contributed by atoms with Crippen LogP contribution in [0.4, 0.5) is 4.79 Å². The molecular formula is C14H21N3O3. The lowest BCUT2D eigenvalue weighted by molar-refractivity contribution is -0.137. The highest BCUT2D eigenvalue weighted by Gasteiger charge is 2.21. The number of pyridine rings is 1. The van der Waals surface area contributed by atoms with Gasteiger partial charge in [-0.3, -0.25) is 9.78 Å². The zero-order valence-electron chi connectivity index (χ0n) is 11.8. The molecule has 110 valence electrons. The first-order valence-corrected chi connectivity index (χ1v) is 6.56. The number of nitrogens with zero attached hydrogens (tertiary/aromatic N) is 1. The molecule has 0 unspecified atom stereocenters. The minimum atomic E-state index is -0.864. The molecule has 0 saturated carbocycles. The number of aliphatic carboxylic acids is 1. The zero-order chi connectivity index (χ0) is 15.0. The maximum absolute atomic E-state index is 11.7. The SMILES string of the molecule is CC(C)(CCC(=O)O)NC(=O)NCCc1cccnc1. The normalized spacial score (nSPS) is 10.9. The molecule has 20 heavy (non-hydrogen) atoms. The highest BCUT2D eigenvalue weighted by Crippen LogP contribution is 2.10. The van der Waals surface area contributed by atoms with Gasteiger partial charge in [0.05, 0.1) is 0 Å². The number of carbonyl (C=O) groups is 2. The Kier molecular flexibility index (Phi) is 5.96. The first-order chi connectivity index (χ1) is 9.39. The van der Waals surface area contributed by atoms with Crippen LogP contribution in [-0.2, 0) is 11.2 Å². The number of urea groups is 1. The van der Waals surface area contributed by atoms with Crippen LogP contribution >= 0.6 is 0 Å². The van der Waals surface area contributed by atoms with Crippen molar-refractivity contribution >= 4 is 12.0 Å². The Balaban J connectivity index is 2.27. The largest absolute Gasteiger partial charge is 0.481 e. The molecule has 2 amide bonds. The van der Waals surface area contributed by atoms with E-state index >= 15 is 0 Å². The predicted octanol–water partition coefficient (Wildman–Crippen LogP) is 1.57. The summed E-state index contributed by atoms with van der Waals surface area (Å²) in [5, 5.41) is 14.2. The van der Waals surface area contributed by atoms with Crippen molar-refractivity contribution in [3.63, 3.8) is 0 Å². The molecule has 0 aliphatic carbocycles. The fourth-order valence-electron chi connectivity index (χ4n) is 1.70. The van der Waals surface area contributed by atoms with Gasteiger partial charge in [0.1, 0.15) is 0 Å². The van der Waals surface area contributed by atoms with E-state index < -0.39 is 11.5 Å². The van der Waals surface area contributed by atoms with E-state index in [0.717, 1.165) is 5.56 Å². The minimum absolute atomic E-state index is 0.0307. The predicted molar refractivity (Wildman–Crippen MR) is 75.4 cm³/mol. The second kappa shape index (κ2) is 7.47. The Morgan fingerprint density at radius 3 is 2.75 bits per heavy atom. The van der Waals surface area contributed by atoms with E-state index in [2.05, 4.69) is 15.6 Å². The number of aromatic nitrogens is 1. The van der Waals surface area contributed by atoms with E-state index in [1.54, 1.807) is 26.2 Å². The van der Waals surface area contributed by atoms with Crippen molar-refractivity contribution in [1.29, 1.82) is 0 Å². The highest BCUT2D eigenvalue weighted by molar-refractivity contribution is 5.74. The molecule has 0 spiro atoms. The Labute approximate surface area is 118 Å². The van der Waals surface area contributed by atoms with E-state index in [-0.39, 0.29) is 12.5 Å². The average molecular weight is 279 g/mol. The summed E-state index contributed by atoms with van der Waals surface area (Å²) in [7, 11) is 0. The molecule has 0 aromatic carbocycles. The van der Waals surface area contributed by atoms with Crippen molar-refractivity contribution in [3.8, 4) is 0 Å². The number of carbonyl (C=O) groups excluding carboxylic acids is 1. The Morgan fingerprint density at radius 1 is 1.40 bits per heavy atom. The van der Waals surface area contributed by atoms with E-state index in [0.29, 0.717) is 19.4 Å². The van der Waals surface area contributed by atoms with Gasteiger partial charge in [-0.25, -0.2) is 4.79 Å². The van der Waals surface area contributed by atoms with Crippen molar-refractivity contribution < 1.29 is 14.7 Å². The molecule has 0 aliphatic rings. The first kappa shape index (κ1) is 15.9. The van der Waals surface area contributed by atoms with E-state index in [4.69, 9.17) is 5.11 Å². The first-order valence-electron chi connectivity index (χ1n) is 6.56. The van der Waals surface area contributed by atoms with Crippen LogP contribution in [0.15, 0.2) is 24.5 Å². The molecule has 3 N–H and O–H groups in total. The highest BCUT2D eigenvalue weighted by atomic mass is 16.4. The van der Waals surface area contributed by atoms with Crippen molar-refractivity contribution in [1.82, 2.24) is 15.6 Å². The average Bonchev–Trinajstić information content (AvgIpc) is 2.37. The van der Waals surface area contributed by atoms with Gasteiger partial charge in [0.25, 0.3) is 0 Å². The van der Waals surface area contributed by atoms with Crippen LogP contribution in [0.2, 0.25) is 0 Å². The number of amides is 2. The Morgan fingerprint density at radius 2 is 2.15 bits per heavy atom. The van der Waals surface area contributed by atoms with Crippen LogP contribution < -0.4 is 10.6 Å². The number of hydrogen-bond acceptors (Lipinski definition) is 3. The third-order valence-corrected chi connectivity index (χ3v) is 2.84. The van der Waals surface area contributed by atoms with Gasteiger partial charge in [0, 0.05) is 30.9 Å². The summed E-state index contributed by atoms with van der Waals surface area (Å²) in [5.74, 6) is -0.864. The molecule has 0 radical (unpaired) electrons. The van der Waals surface area contributed by atoms with Crippen LogP contribution in [0, 0.1) is 0 Å². The zero-order valence-corrected chi connectivity index (χ0v) is 11.8. The third kappa shape index (κ3) is 6.72. The lowest BCUT2D eigenvalue weighted by Gasteiger charge is -2.25. The number of nitrogens with one attached hydrogen (secondary N) is 2. The van der Waals surface area contributed by atoms with Gasteiger partial charge in [-0.1, -0.05) is 6.07 Å². The van der Waals surface area contributed by atoms with Crippen LogP contribution in [0.5, 0.6) is 0 Å². The van der Waals surface area contributed by atoms with Crippen molar-refractivity contribution in [2.24, 2.45) is 0 Å². The quantitative estimate of drug-likeness (QED) is 0.706. The monoisotopic (exact) mass is 279 g/mol. The summed E-state index contributed by atoms with van der Waals surface area (Å²) < 4.78 is 0. The minimum Gasteiger partial charge on any atom is -0.481 e. The topological polar surface area (TPSA) is 91.3 Å². The van der Waals surface area contributed by atoms with Gasteiger partial charge in [-0.05, 0) is 38.3 Å². The molecule has 6 heteroatoms. The molecule has 6 nitrogen and oxygen atoms in total. The maximum Gasteiger partial charge on any atom is 0.315 e. The molecule has 0 saturated heterocycles. The van der Waals surface area contributed by atoms with E-state index in [9.17, 15) is 9.59 Å². The van der Waals surface area contributed by atoms with Crippen molar-refractivity contribution in [2.45, 2.75) is 38.6 Å². The third-order valence-electron chi connectivity index (χ3n) is 2.84. The summed E-state index contributed by atoms with van der Waals surface area (Å²) in [5.41, 5.74) is 0.509. The smallest absolute Gasteiger partial charge is 0.315 e. The second-order valence-electron chi connectivity index (χ2n) is 5.27. The van der Waals surface area contributed by atoms with Crippen LogP contribution in [0.25, 0.3) is 0 Å². The van der Waals surface area contributed by atoms with Gasteiger partial charge >= 0.3 is 12.0 Å². The Hall–Kier alpha value is -2.11.